The molecular weight excluding hydrogens is 364 g/mol. The zero-order valence-corrected chi connectivity index (χ0v) is 14.8. The lowest BCUT2D eigenvalue weighted by molar-refractivity contribution is 0.0490. The van der Waals surface area contributed by atoms with Gasteiger partial charge in [-0.05, 0) is 36.2 Å². The first-order chi connectivity index (χ1) is 10.9. The van der Waals surface area contributed by atoms with Crippen LogP contribution in [0.15, 0.2) is 16.9 Å². The van der Waals surface area contributed by atoms with Gasteiger partial charge in [-0.15, -0.1) is 0 Å². The fourth-order valence-electron chi connectivity index (χ4n) is 2.58. The van der Waals surface area contributed by atoms with Gasteiger partial charge in [0.2, 0.25) is 11.8 Å². The van der Waals surface area contributed by atoms with Gasteiger partial charge < -0.3 is 15.2 Å². The first kappa shape index (κ1) is 16.2. The summed E-state index contributed by atoms with van der Waals surface area (Å²) in [6.45, 7) is 4.63. The van der Waals surface area contributed by atoms with Crippen LogP contribution in [0.2, 0.25) is 0 Å². The van der Waals surface area contributed by atoms with E-state index in [1.165, 1.54) is 0 Å². The van der Waals surface area contributed by atoms with Gasteiger partial charge in [0.1, 0.15) is 11.8 Å². The largest absolute Gasteiger partial charge is 0.480 e. The van der Waals surface area contributed by atoms with Crippen LogP contribution in [0.4, 0.5) is 11.6 Å². The number of halogens is 1. The second-order valence-electron chi connectivity index (χ2n) is 5.71. The molecule has 0 spiro atoms. The lowest BCUT2D eigenvalue weighted by atomic mass is 10.0. The molecule has 124 valence electrons. The first-order valence-electron chi connectivity index (χ1n) is 7.26. The van der Waals surface area contributed by atoms with Crippen molar-refractivity contribution in [3.05, 3.63) is 22.6 Å². The van der Waals surface area contributed by atoms with E-state index >= 15 is 0 Å². The van der Waals surface area contributed by atoms with E-state index < -0.39 is 11.8 Å². The van der Waals surface area contributed by atoms with Gasteiger partial charge in [0.05, 0.1) is 29.2 Å². The highest BCUT2D eigenvalue weighted by molar-refractivity contribution is 9.10. The van der Waals surface area contributed by atoms with E-state index in [1.54, 1.807) is 18.0 Å². The van der Waals surface area contributed by atoms with E-state index in [4.69, 9.17) is 4.74 Å². The highest BCUT2D eigenvalue weighted by Crippen LogP contribution is 2.30. The van der Waals surface area contributed by atoms with Gasteiger partial charge in [-0.1, -0.05) is 0 Å². The van der Waals surface area contributed by atoms with E-state index in [1.807, 2.05) is 20.0 Å². The van der Waals surface area contributed by atoms with Crippen LogP contribution < -0.4 is 15.4 Å². The third-order valence-corrected chi connectivity index (χ3v) is 4.68. The molecule has 8 nitrogen and oxygen atoms in total. The second kappa shape index (κ2) is 6.06. The molecule has 1 unspecified atom stereocenters. The number of ether oxygens (including phenoxy) is 1. The predicted molar refractivity (Wildman–Crippen MR) is 88.8 cm³/mol. The zero-order valence-electron chi connectivity index (χ0n) is 13.2. The third kappa shape index (κ3) is 2.91. The number of methoxy groups -OCH3 is 1. The van der Waals surface area contributed by atoms with Crippen LogP contribution in [0.5, 0.6) is 5.88 Å². The molecule has 3 N–H and O–H groups in total. The molecule has 23 heavy (non-hydrogen) atoms. The summed E-state index contributed by atoms with van der Waals surface area (Å²) < 4.78 is 7.65. The molecule has 0 saturated carbocycles. The average Bonchev–Trinajstić information content (AvgIpc) is 3.06. The maximum Gasteiger partial charge on any atom is 0.232 e. The predicted octanol–water partition coefficient (Wildman–Crippen LogP) is 1.52. The van der Waals surface area contributed by atoms with Crippen molar-refractivity contribution >= 4 is 27.6 Å². The van der Waals surface area contributed by atoms with Crippen LogP contribution in [0.3, 0.4) is 0 Å². The molecule has 0 bridgehead atoms. The minimum Gasteiger partial charge on any atom is -0.480 e. The summed E-state index contributed by atoms with van der Waals surface area (Å²) in [6, 6.07) is 0. The molecule has 1 fully saturated rings. The Bertz CT molecular complexity index is 721. The summed E-state index contributed by atoms with van der Waals surface area (Å²) in [5.41, 5.74) is 1.12. The summed E-state index contributed by atoms with van der Waals surface area (Å²) in [7, 11) is 1.55. The molecule has 3 heterocycles. The lowest BCUT2D eigenvalue weighted by Gasteiger charge is -2.27. The van der Waals surface area contributed by atoms with Crippen LogP contribution >= 0.6 is 15.9 Å². The molecule has 9 heteroatoms. The van der Waals surface area contributed by atoms with Crippen molar-refractivity contribution < 1.29 is 9.84 Å². The van der Waals surface area contributed by atoms with Crippen LogP contribution in [0.1, 0.15) is 19.0 Å². The molecule has 1 saturated heterocycles. The molecule has 2 aromatic heterocycles. The number of aliphatic hydroxyl groups is 1. The minimum absolute atomic E-state index is 0.419. The zero-order chi connectivity index (χ0) is 16.6. The Morgan fingerprint density at radius 2 is 2.35 bits per heavy atom. The van der Waals surface area contributed by atoms with E-state index in [-0.39, 0.29) is 0 Å². The fraction of sp³-hybridized carbons (Fsp3) is 0.500. The number of anilines is 2. The normalized spacial score (nSPS) is 24.0. The SMILES string of the molecule is COc1nc(Nc2cn([C@]3(C)CCNC3O)nc2C)ncc1Br. The third-order valence-electron chi connectivity index (χ3n) is 4.13. The van der Waals surface area contributed by atoms with Crippen LogP contribution in [0.25, 0.3) is 0 Å². The molecule has 3 rings (SSSR count). The van der Waals surface area contributed by atoms with Crippen LogP contribution in [-0.2, 0) is 5.54 Å². The second-order valence-corrected chi connectivity index (χ2v) is 6.57. The summed E-state index contributed by atoms with van der Waals surface area (Å²) >= 11 is 3.32. The Balaban J connectivity index is 1.87. The molecular formula is C14H19BrN6O2. The van der Waals surface area contributed by atoms with Gasteiger partial charge >= 0.3 is 0 Å². The van der Waals surface area contributed by atoms with Crippen molar-refractivity contribution in [1.29, 1.82) is 0 Å². The van der Waals surface area contributed by atoms with Crippen molar-refractivity contribution in [3.8, 4) is 5.88 Å². The molecule has 1 aliphatic rings. The quantitative estimate of drug-likeness (QED) is 0.737. The summed E-state index contributed by atoms with van der Waals surface area (Å²) in [5.74, 6) is 0.873. The fourth-order valence-corrected chi connectivity index (χ4v) is 2.93. The first-order valence-corrected chi connectivity index (χ1v) is 8.05. The van der Waals surface area contributed by atoms with Crippen molar-refractivity contribution in [1.82, 2.24) is 25.1 Å². The lowest BCUT2D eigenvalue weighted by Crippen LogP contribution is -2.42. The van der Waals surface area contributed by atoms with E-state index in [0.717, 1.165) is 24.3 Å². The number of hydrogen-bond donors (Lipinski definition) is 3. The Labute approximate surface area is 142 Å². The Hall–Kier alpha value is -1.71. The smallest absolute Gasteiger partial charge is 0.232 e. The molecule has 2 aromatic rings. The number of hydrogen-bond acceptors (Lipinski definition) is 7. The Morgan fingerprint density at radius 3 is 3.00 bits per heavy atom. The van der Waals surface area contributed by atoms with Crippen molar-refractivity contribution in [3.63, 3.8) is 0 Å². The van der Waals surface area contributed by atoms with Gasteiger partial charge in [-0.25, -0.2) is 4.98 Å². The molecule has 0 aliphatic carbocycles. The van der Waals surface area contributed by atoms with Gasteiger partial charge in [0, 0.05) is 12.7 Å². The highest BCUT2D eigenvalue weighted by atomic mass is 79.9. The maximum atomic E-state index is 10.2. The summed E-state index contributed by atoms with van der Waals surface area (Å²) in [6.07, 6.45) is 3.67. The summed E-state index contributed by atoms with van der Waals surface area (Å²) in [5, 5.41) is 20.9. The van der Waals surface area contributed by atoms with Crippen LogP contribution in [-0.4, -0.2) is 44.7 Å². The van der Waals surface area contributed by atoms with E-state index in [0.29, 0.717) is 16.3 Å². The Morgan fingerprint density at radius 1 is 1.57 bits per heavy atom. The standard InChI is InChI=1S/C14H19BrN6O2/c1-8-10(18-13-17-6-9(15)11(19-13)23-3)7-21(20-8)14(2)4-5-16-12(14)22/h6-7,12,16,22H,4-5H2,1-3H3,(H,17,18,19)/t12?,14-/m1/s1. The van der Waals surface area contributed by atoms with Gasteiger partial charge in [-0.3, -0.25) is 10.00 Å². The van der Waals surface area contributed by atoms with Crippen LogP contribution in [0, 0.1) is 6.92 Å². The Kier molecular flexibility index (Phi) is 4.26. The number of aryl methyl sites for hydroxylation is 1. The average molecular weight is 383 g/mol. The number of aromatic nitrogens is 4. The molecule has 2 atom stereocenters. The topological polar surface area (TPSA) is 97.1 Å². The highest BCUT2D eigenvalue weighted by Gasteiger charge is 2.40. The van der Waals surface area contributed by atoms with E-state index in [2.05, 4.69) is 41.6 Å². The maximum absolute atomic E-state index is 10.2. The molecule has 0 amide bonds. The van der Waals surface area contributed by atoms with Gasteiger partial charge in [0.25, 0.3) is 0 Å². The van der Waals surface area contributed by atoms with Crippen molar-refractivity contribution in [2.24, 2.45) is 0 Å². The van der Waals surface area contributed by atoms with E-state index in [9.17, 15) is 5.11 Å². The number of rotatable bonds is 4. The number of nitrogens with zero attached hydrogens (tertiary/aromatic N) is 4. The number of nitrogens with one attached hydrogen (secondary N) is 2. The minimum atomic E-state index is -0.626. The monoisotopic (exact) mass is 382 g/mol. The van der Waals surface area contributed by atoms with Crippen molar-refractivity contribution in [2.75, 3.05) is 19.0 Å². The summed E-state index contributed by atoms with van der Waals surface area (Å²) in [4.78, 5) is 8.49. The van der Waals surface area contributed by atoms with Gasteiger partial charge in [-0.2, -0.15) is 10.1 Å². The van der Waals surface area contributed by atoms with Gasteiger partial charge in [0.15, 0.2) is 0 Å². The molecule has 1 aliphatic heterocycles. The molecule has 0 aromatic carbocycles. The number of aliphatic hydroxyl groups excluding tert-OH is 1. The van der Waals surface area contributed by atoms with Crippen molar-refractivity contribution in [2.45, 2.75) is 32.0 Å². The molecule has 0 radical (unpaired) electrons.